The van der Waals surface area contributed by atoms with E-state index >= 15 is 0 Å². The smallest absolute Gasteiger partial charge is 0.243 e. The van der Waals surface area contributed by atoms with Gasteiger partial charge in [-0.15, -0.1) is 0 Å². The molecular weight excluding hydrogens is 412 g/mol. The highest BCUT2D eigenvalue weighted by atomic mass is 16.7. The Morgan fingerprint density at radius 3 is 1.59 bits per heavy atom. The van der Waals surface area contributed by atoms with Crippen molar-refractivity contribution in [1.29, 1.82) is 0 Å². The molecule has 8 heteroatoms. The molecule has 0 unspecified atom stereocenters. The Bertz CT molecular complexity index is 963. The summed E-state index contributed by atoms with van der Waals surface area (Å²) in [5, 5.41) is 5.66. The number of rotatable bonds is 9. The molecule has 2 aliphatic heterocycles. The van der Waals surface area contributed by atoms with Crippen molar-refractivity contribution in [2.24, 2.45) is 0 Å². The number of nitrogens with one attached hydrogen (secondary N) is 2. The molecule has 0 saturated carbocycles. The summed E-state index contributed by atoms with van der Waals surface area (Å²) in [4.78, 5) is 23.9. The van der Waals surface area contributed by atoms with Crippen LogP contribution >= 0.6 is 0 Å². The minimum absolute atomic E-state index is 0.168. The molecule has 32 heavy (non-hydrogen) atoms. The van der Waals surface area contributed by atoms with Crippen LogP contribution in [0.2, 0.25) is 0 Å². The van der Waals surface area contributed by atoms with Crippen LogP contribution in [0.15, 0.2) is 48.6 Å². The largest absolute Gasteiger partial charge is 0.454 e. The van der Waals surface area contributed by atoms with Gasteiger partial charge in [0.25, 0.3) is 0 Å². The molecule has 0 saturated heterocycles. The van der Waals surface area contributed by atoms with E-state index in [1.165, 1.54) is 12.2 Å². The average molecular weight is 436 g/mol. The van der Waals surface area contributed by atoms with Gasteiger partial charge in [-0.25, -0.2) is 0 Å². The highest BCUT2D eigenvalue weighted by molar-refractivity contribution is 5.92. The first-order valence-corrected chi connectivity index (χ1v) is 10.4. The molecule has 4 rings (SSSR count). The van der Waals surface area contributed by atoms with Crippen LogP contribution in [0.4, 0.5) is 0 Å². The Kier molecular flexibility index (Phi) is 6.91. The first kappa shape index (κ1) is 21.3. The molecule has 0 bridgehead atoms. The van der Waals surface area contributed by atoms with Crippen molar-refractivity contribution in [3.63, 3.8) is 0 Å². The molecule has 0 radical (unpaired) electrons. The monoisotopic (exact) mass is 436 g/mol. The van der Waals surface area contributed by atoms with Crippen LogP contribution in [0.3, 0.4) is 0 Å². The van der Waals surface area contributed by atoms with E-state index in [4.69, 9.17) is 18.9 Å². The van der Waals surface area contributed by atoms with Crippen LogP contribution in [-0.4, -0.2) is 38.5 Å². The molecule has 2 amide bonds. The quantitative estimate of drug-likeness (QED) is 0.464. The number of fused-ring (bicyclic) bond motifs is 2. The summed E-state index contributed by atoms with van der Waals surface area (Å²) < 4.78 is 21.2. The predicted octanol–water partition coefficient (Wildman–Crippen LogP) is 2.88. The zero-order chi connectivity index (χ0) is 22.2. The third kappa shape index (κ3) is 5.81. The molecule has 0 aromatic heterocycles. The summed E-state index contributed by atoms with van der Waals surface area (Å²) in [6, 6.07) is 11.0. The maximum absolute atomic E-state index is 11.9. The molecule has 8 nitrogen and oxygen atoms in total. The molecule has 2 aromatic rings. The van der Waals surface area contributed by atoms with Crippen LogP contribution in [0, 0.1) is 0 Å². The van der Waals surface area contributed by atoms with Crippen LogP contribution in [0.1, 0.15) is 24.0 Å². The van der Waals surface area contributed by atoms with Gasteiger partial charge in [0.15, 0.2) is 23.0 Å². The van der Waals surface area contributed by atoms with E-state index in [2.05, 4.69) is 10.6 Å². The Labute approximate surface area is 185 Å². The van der Waals surface area contributed by atoms with E-state index in [1.54, 1.807) is 12.2 Å². The summed E-state index contributed by atoms with van der Waals surface area (Å²) in [5.41, 5.74) is 1.72. The Morgan fingerprint density at radius 1 is 0.688 bits per heavy atom. The van der Waals surface area contributed by atoms with Crippen molar-refractivity contribution in [2.45, 2.75) is 12.8 Å². The fourth-order valence-corrected chi connectivity index (χ4v) is 3.17. The summed E-state index contributed by atoms with van der Waals surface area (Å²) in [7, 11) is 0. The Morgan fingerprint density at radius 2 is 1.12 bits per heavy atom. The third-order valence-electron chi connectivity index (χ3n) is 4.85. The summed E-state index contributed by atoms with van der Waals surface area (Å²) in [6.45, 7) is 1.51. The molecule has 0 fully saturated rings. The summed E-state index contributed by atoms with van der Waals surface area (Å²) in [6.07, 6.45) is 7.94. The highest BCUT2D eigenvalue weighted by Crippen LogP contribution is 2.33. The van der Waals surface area contributed by atoms with Crippen molar-refractivity contribution < 1.29 is 28.5 Å². The lowest BCUT2D eigenvalue weighted by Crippen LogP contribution is -2.25. The number of carbonyl (C=O) groups is 2. The van der Waals surface area contributed by atoms with E-state index in [1.807, 2.05) is 36.4 Å². The number of unbranched alkanes of at least 4 members (excludes halogenated alkanes) is 1. The number of hydrogen-bond donors (Lipinski definition) is 2. The van der Waals surface area contributed by atoms with E-state index in [-0.39, 0.29) is 25.4 Å². The number of hydrogen-bond acceptors (Lipinski definition) is 6. The van der Waals surface area contributed by atoms with Crippen molar-refractivity contribution in [2.75, 3.05) is 26.7 Å². The zero-order valence-corrected chi connectivity index (χ0v) is 17.5. The molecular formula is C24H24N2O6. The fourth-order valence-electron chi connectivity index (χ4n) is 3.17. The molecule has 2 aliphatic rings. The lowest BCUT2D eigenvalue weighted by molar-refractivity contribution is -0.117. The van der Waals surface area contributed by atoms with Gasteiger partial charge in [0.1, 0.15) is 0 Å². The number of ether oxygens (including phenoxy) is 4. The molecule has 0 aliphatic carbocycles. The van der Waals surface area contributed by atoms with Gasteiger partial charge in [-0.05, 0) is 60.4 Å². The van der Waals surface area contributed by atoms with Gasteiger partial charge in [-0.3, -0.25) is 9.59 Å². The third-order valence-corrected chi connectivity index (χ3v) is 4.85. The van der Waals surface area contributed by atoms with Crippen LogP contribution in [0.5, 0.6) is 23.0 Å². The SMILES string of the molecule is O=C(/C=C/c1ccc2c(c1)OCO2)NCCCCNC(=O)/C=C/c1ccc2c(c1)OCO2. The number of carbonyl (C=O) groups excluding carboxylic acids is 2. The van der Waals surface area contributed by atoms with Gasteiger partial charge in [0.05, 0.1) is 0 Å². The topological polar surface area (TPSA) is 95.1 Å². The second-order valence-electron chi connectivity index (χ2n) is 7.18. The molecule has 0 spiro atoms. The lowest BCUT2D eigenvalue weighted by Gasteiger charge is -2.04. The normalized spacial score (nSPS) is 13.6. The second kappa shape index (κ2) is 10.4. The second-order valence-corrected chi connectivity index (χ2v) is 7.18. The van der Waals surface area contributed by atoms with Gasteiger partial charge >= 0.3 is 0 Å². The van der Waals surface area contributed by atoms with Crippen molar-refractivity contribution in [3.8, 4) is 23.0 Å². The molecule has 166 valence electrons. The first-order valence-electron chi connectivity index (χ1n) is 10.4. The van der Waals surface area contributed by atoms with Gasteiger partial charge in [0, 0.05) is 25.2 Å². The van der Waals surface area contributed by atoms with Crippen LogP contribution in [0.25, 0.3) is 12.2 Å². The maximum atomic E-state index is 11.9. The van der Waals surface area contributed by atoms with Gasteiger partial charge < -0.3 is 29.6 Å². The van der Waals surface area contributed by atoms with Crippen LogP contribution in [-0.2, 0) is 9.59 Å². The predicted molar refractivity (Wildman–Crippen MR) is 118 cm³/mol. The number of amides is 2. The summed E-state index contributed by atoms with van der Waals surface area (Å²) in [5.74, 6) is 2.45. The van der Waals surface area contributed by atoms with E-state index in [0.717, 1.165) is 24.0 Å². The number of benzene rings is 2. The van der Waals surface area contributed by atoms with Crippen molar-refractivity contribution in [1.82, 2.24) is 10.6 Å². The summed E-state index contributed by atoms with van der Waals surface area (Å²) >= 11 is 0. The average Bonchev–Trinajstić information content (AvgIpc) is 3.47. The zero-order valence-electron chi connectivity index (χ0n) is 17.5. The van der Waals surface area contributed by atoms with Crippen LogP contribution < -0.4 is 29.6 Å². The van der Waals surface area contributed by atoms with Crippen molar-refractivity contribution >= 4 is 24.0 Å². The molecule has 2 N–H and O–H groups in total. The minimum Gasteiger partial charge on any atom is -0.454 e. The standard InChI is InChI=1S/C24H24N2O6/c27-23(9-5-17-3-7-19-21(13-17)31-15-29-19)25-11-1-2-12-26-24(28)10-6-18-4-8-20-22(14-18)32-16-30-20/h3-10,13-14H,1-2,11-12,15-16H2,(H,25,27)(H,26,28)/b9-5+,10-6+. The Balaban J connectivity index is 1.09. The fraction of sp³-hybridized carbons (Fsp3) is 0.250. The minimum atomic E-state index is -0.168. The Hall–Kier alpha value is -3.94. The lowest BCUT2D eigenvalue weighted by atomic mass is 10.2. The van der Waals surface area contributed by atoms with E-state index < -0.39 is 0 Å². The van der Waals surface area contributed by atoms with E-state index in [9.17, 15) is 9.59 Å². The molecule has 2 aromatic carbocycles. The highest BCUT2D eigenvalue weighted by Gasteiger charge is 2.13. The van der Waals surface area contributed by atoms with Crippen molar-refractivity contribution in [3.05, 3.63) is 59.7 Å². The van der Waals surface area contributed by atoms with E-state index in [0.29, 0.717) is 36.1 Å². The molecule has 2 heterocycles. The van der Waals surface area contributed by atoms with Gasteiger partial charge in [0.2, 0.25) is 25.4 Å². The first-order chi connectivity index (χ1) is 15.7. The van der Waals surface area contributed by atoms with Gasteiger partial charge in [-0.1, -0.05) is 12.1 Å². The van der Waals surface area contributed by atoms with Gasteiger partial charge in [-0.2, -0.15) is 0 Å². The molecule has 0 atom stereocenters. The maximum Gasteiger partial charge on any atom is 0.243 e.